The van der Waals surface area contributed by atoms with Gasteiger partial charge in [0.1, 0.15) is 5.82 Å². The lowest BCUT2D eigenvalue weighted by Gasteiger charge is -2.06. The lowest BCUT2D eigenvalue weighted by atomic mass is 10.0. The monoisotopic (exact) mass is 179 g/mol. The van der Waals surface area contributed by atoms with Gasteiger partial charge in [-0.3, -0.25) is 0 Å². The number of benzene rings is 1. The predicted octanol–water partition coefficient (Wildman–Crippen LogP) is 2.50. The molecule has 1 aromatic carbocycles. The highest BCUT2D eigenvalue weighted by molar-refractivity contribution is 5.64. The van der Waals surface area contributed by atoms with Crippen molar-refractivity contribution in [3.05, 3.63) is 41.7 Å². The molecular formula is C11H14FN. The van der Waals surface area contributed by atoms with Crippen molar-refractivity contribution in [2.24, 2.45) is 5.73 Å². The van der Waals surface area contributed by atoms with Crippen molar-refractivity contribution >= 4 is 5.57 Å². The van der Waals surface area contributed by atoms with E-state index in [-0.39, 0.29) is 5.82 Å². The highest BCUT2D eigenvalue weighted by atomic mass is 19.1. The largest absolute Gasteiger partial charge is 0.330 e. The van der Waals surface area contributed by atoms with Gasteiger partial charge in [-0.15, -0.1) is 0 Å². The first-order valence-corrected chi connectivity index (χ1v) is 4.29. The number of rotatable bonds is 3. The summed E-state index contributed by atoms with van der Waals surface area (Å²) in [6, 6.07) is 5.01. The van der Waals surface area contributed by atoms with Crippen molar-refractivity contribution in [3.63, 3.8) is 0 Å². The summed E-state index contributed by atoms with van der Waals surface area (Å²) < 4.78 is 13.2. The van der Waals surface area contributed by atoms with Crippen LogP contribution in [-0.4, -0.2) is 6.54 Å². The van der Waals surface area contributed by atoms with Gasteiger partial charge in [0.25, 0.3) is 0 Å². The summed E-state index contributed by atoms with van der Waals surface area (Å²) in [5.41, 5.74) is 7.76. The van der Waals surface area contributed by atoms with Gasteiger partial charge < -0.3 is 5.73 Å². The first kappa shape index (κ1) is 9.93. The standard InChI is InChI=1S/C11H14FN/c1-8-3-4-11(12)10(7-8)9(2)5-6-13/h3-4,7H,2,5-6,13H2,1H3. The van der Waals surface area contributed by atoms with Gasteiger partial charge in [0.2, 0.25) is 0 Å². The van der Waals surface area contributed by atoms with Gasteiger partial charge in [-0.05, 0) is 37.6 Å². The molecule has 13 heavy (non-hydrogen) atoms. The molecule has 0 aliphatic carbocycles. The Bertz CT molecular complexity index is 318. The van der Waals surface area contributed by atoms with Crippen LogP contribution in [0.15, 0.2) is 24.8 Å². The summed E-state index contributed by atoms with van der Waals surface area (Å²) in [6.07, 6.45) is 0.639. The van der Waals surface area contributed by atoms with Crippen LogP contribution < -0.4 is 5.73 Å². The van der Waals surface area contributed by atoms with Crippen LogP contribution in [-0.2, 0) is 0 Å². The summed E-state index contributed by atoms with van der Waals surface area (Å²) in [7, 11) is 0. The molecule has 70 valence electrons. The van der Waals surface area contributed by atoms with Gasteiger partial charge in [-0.25, -0.2) is 4.39 Å². The van der Waals surface area contributed by atoms with Gasteiger partial charge in [-0.1, -0.05) is 18.2 Å². The third-order valence-corrected chi connectivity index (χ3v) is 1.95. The van der Waals surface area contributed by atoms with E-state index >= 15 is 0 Å². The van der Waals surface area contributed by atoms with Crippen molar-refractivity contribution in [2.75, 3.05) is 6.54 Å². The second-order valence-electron chi connectivity index (χ2n) is 3.13. The number of aryl methyl sites for hydroxylation is 1. The topological polar surface area (TPSA) is 26.0 Å². The molecular weight excluding hydrogens is 165 g/mol. The van der Waals surface area contributed by atoms with Crippen molar-refractivity contribution < 1.29 is 4.39 Å². The Morgan fingerprint density at radius 3 is 2.85 bits per heavy atom. The Hall–Kier alpha value is -1.15. The molecule has 0 fully saturated rings. The second-order valence-corrected chi connectivity index (χ2v) is 3.13. The van der Waals surface area contributed by atoms with Crippen LogP contribution in [0.3, 0.4) is 0 Å². The van der Waals surface area contributed by atoms with E-state index in [1.54, 1.807) is 12.1 Å². The minimum Gasteiger partial charge on any atom is -0.330 e. The van der Waals surface area contributed by atoms with E-state index in [0.717, 1.165) is 11.1 Å². The number of hydrogen-bond donors (Lipinski definition) is 1. The predicted molar refractivity (Wildman–Crippen MR) is 53.8 cm³/mol. The molecule has 0 bridgehead atoms. The third-order valence-electron chi connectivity index (χ3n) is 1.95. The molecule has 0 saturated carbocycles. The van der Waals surface area contributed by atoms with Gasteiger partial charge >= 0.3 is 0 Å². The molecule has 0 aliphatic rings. The normalized spacial score (nSPS) is 10.1. The molecule has 0 aliphatic heterocycles. The Balaban J connectivity index is 2.99. The van der Waals surface area contributed by atoms with Crippen LogP contribution >= 0.6 is 0 Å². The van der Waals surface area contributed by atoms with Crippen LogP contribution in [0.25, 0.3) is 5.57 Å². The zero-order valence-electron chi connectivity index (χ0n) is 7.81. The van der Waals surface area contributed by atoms with E-state index in [0.29, 0.717) is 18.5 Å². The van der Waals surface area contributed by atoms with Crippen LogP contribution in [0.5, 0.6) is 0 Å². The van der Waals surface area contributed by atoms with E-state index in [4.69, 9.17) is 5.73 Å². The molecule has 0 aromatic heterocycles. The first-order valence-electron chi connectivity index (χ1n) is 4.29. The SMILES string of the molecule is C=C(CCN)c1cc(C)ccc1F. The lowest BCUT2D eigenvalue weighted by Crippen LogP contribution is -2.00. The Kier molecular flexibility index (Phi) is 3.20. The molecule has 1 rings (SSSR count). The third kappa shape index (κ3) is 2.39. The van der Waals surface area contributed by atoms with E-state index in [1.165, 1.54) is 6.07 Å². The molecule has 0 saturated heterocycles. The molecule has 1 aromatic rings. The summed E-state index contributed by atoms with van der Waals surface area (Å²) in [5, 5.41) is 0. The van der Waals surface area contributed by atoms with Crippen molar-refractivity contribution in [1.82, 2.24) is 0 Å². The van der Waals surface area contributed by atoms with Gasteiger partial charge in [0, 0.05) is 5.56 Å². The zero-order valence-corrected chi connectivity index (χ0v) is 7.81. The summed E-state index contributed by atoms with van der Waals surface area (Å²) in [6.45, 7) is 6.23. The molecule has 0 radical (unpaired) electrons. The minimum atomic E-state index is -0.218. The minimum absolute atomic E-state index is 0.218. The van der Waals surface area contributed by atoms with Crippen LogP contribution in [0.1, 0.15) is 17.5 Å². The molecule has 1 nitrogen and oxygen atoms in total. The maximum Gasteiger partial charge on any atom is 0.130 e. The average molecular weight is 179 g/mol. The Labute approximate surface area is 78.1 Å². The molecule has 2 heteroatoms. The maximum atomic E-state index is 13.2. The number of halogens is 1. The fourth-order valence-corrected chi connectivity index (χ4v) is 1.22. The van der Waals surface area contributed by atoms with Gasteiger partial charge in [0.05, 0.1) is 0 Å². The van der Waals surface area contributed by atoms with Crippen LogP contribution in [0.2, 0.25) is 0 Å². The number of nitrogens with two attached hydrogens (primary N) is 1. The molecule has 2 N–H and O–H groups in total. The first-order chi connectivity index (χ1) is 6.15. The van der Waals surface area contributed by atoms with E-state index in [9.17, 15) is 4.39 Å². The second kappa shape index (κ2) is 4.19. The fourth-order valence-electron chi connectivity index (χ4n) is 1.22. The Morgan fingerprint density at radius 2 is 2.23 bits per heavy atom. The van der Waals surface area contributed by atoms with E-state index in [1.807, 2.05) is 6.92 Å². The summed E-state index contributed by atoms with van der Waals surface area (Å²) >= 11 is 0. The zero-order chi connectivity index (χ0) is 9.84. The van der Waals surface area contributed by atoms with Crippen LogP contribution in [0, 0.1) is 12.7 Å². The van der Waals surface area contributed by atoms with Gasteiger partial charge in [-0.2, -0.15) is 0 Å². The molecule has 0 heterocycles. The van der Waals surface area contributed by atoms with E-state index < -0.39 is 0 Å². The van der Waals surface area contributed by atoms with Crippen LogP contribution in [0.4, 0.5) is 4.39 Å². The number of hydrogen-bond acceptors (Lipinski definition) is 1. The van der Waals surface area contributed by atoms with Crippen molar-refractivity contribution in [2.45, 2.75) is 13.3 Å². The van der Waals surface area contributed by atoms with Gasteiger partial charge in [0.15, 0.2) is 0 Å². The molecule has 0 amide bonds. The average Bonchev–Trinajstić information content (AvgIpc) is 2.09. The summed E-state index contributed by atoms with van der Waals surface area (Å²) in [5.74, 6) is -0.218. The molecule has 0 atom stereocenters. The van der Waals surface area contributed by atoms with E-state index in [2.05, 4.69) is 6.58 Å². The maximum absolute atomic E-state index is 13.2. The lowest BCUT2D eigenvalue weighted by molar-refractivity contribution is 0.622. The Morgan fingerprint density at radius 1 is 1.54 bits per heavy atom. The smallest absolute Gasteiger partial charge is 0.130 e. The highest BCUT2D eigenvalue weighted by Crippen LogP contribution is 2.20. The fraction of sp³-hybridized carbons (Fsp3) is 0.273. The molecule has 0 unspecified atom stereocenters. The summed E-state index contributed by atoms with van der Waals surface area (Å²) in [4.78, 5) is 0. The van der Waals surface area contributed by atoms with Crippen molar-refractivity contribution in [1.29, 1.82) is 0 Å². The highest BCUT2D eigenvalue weighted by Gasteiger charge is 2.04. The molecule has 0 spiro atoms. The van der Waals surface area contributed by atoms with Crippen molar-refractivity contribution in [3.8, 4) is 0 Å². The quantitative estimate of drug-likeness (QED) is 0.758.